The Morgan fingerprint density at radius 2 is 2.09 bits per heavy atom. The van der Waals surface area contributed by atoms with Crippen LogP contribution in [0, 0.1) is 5.82 Å². The predicted octanol–water partition coefficient (Wildman–Crippen LogP) is 6.02. The fraction of sp³-hybridized carbons (Fsp3) is 0.320. The summed E-state index contributed by atoms with van der Waals surface area (Å²) in [6.07, 6.45) is 2.65. The van der Waals surface area contributed by atoms with Gasteiger partial charge in [0.25, 0.3) is 0 Å². The maximum absolute atomic E-state index is 13.8. The number of carboxylic acids is 1. The molecule has 4 rings (SSSR count). The molecule has 32 heavy (non-hydrogen) atoms. The van der Waals surface area contributed by atoms with E-state index in [4.69, 9.17) is 16.3 Å². The first kappa shape index (κ1) is 22.4. The van der Waals surface area contributed by atoms with Gasteiger partial charge in [0.1, 0.15) is 11.6 Å². The molecular weight excluding hydrogens is 431 g/mol. The summed E-state index contributed by atoms with van der Waals surface area (Å²) < 4.78 is 20.0. The highest BCUT2D eigenvalue weighted by Gasteiger charge is 2.21. The molecule has 0 aromatic heterocycles. The molecule has 1 heterocycles. The van der Waals surface area contributed by atoms with Crippen LogP contribution in [0.3, 0.4) is 0 Å². The Kier molecular flexibility index (Phi) is 6.82. The Labute approximate surface area is 191 Å². The average Bonchev–Trinajstić information content (AvgIpc) is 3.29. The normalized spacial score (nSPS) is 16.8. The van der Waals surface area contributed by atoms with Gasteiger partial charge >= 0.3 is 5.97 Å². The van der Waals surface area contributed by atoms with Gasteiger partial charge in [-0.2, -0.15) is 0 Å². The number of ether oxygens (including phenoxy) is 1. The van der Waals surface area contributed by atoms with Gasteiger partial charge in [-0.3, -0.25) is 0 Å². The second-order valence-corrected chi connectivity index (χ2v) is 8.57. The summed E-state index contributed by atoms with van der Waals surface area (Å²) in [4.78, 5) is 11.5. The third-order valence-electron chi connectivity index (χ3n) is 5.81. The van der Waals surface area contributed by atoms with E-state index < -0.39 is 5.97 Å². The molecule has 168 valence electrons. The zero-order valence-corrected chi connectivity index (χ0v) is 18.6. The Balaban J connectivity index is 1.43. The molecule has 5 nitrogen and oxygen atoms in total. The van der Waals surface area contributed by atoms with E-state index in [-0.39, 0.29) is 23.5 Å². The lowest BCUT2D eigenvalue weighted by molar-refractivity contribution is 0.0699. The van der Waals surface area contributed by atoms with E-state index in [0.717, 1.165) is 36.0 Å². The second kappa shape index (κ2) is 9.76. The van der Waals surface area contributed by atoms with Crippen LogP contribution in [0.2, 0.25) is 5.02 Å². The molecule has 3 N–H and O–H groups in total. The van der Waals surface area contributed by atoms with E-state index in [0.29, 0.717) is 29.1 Å². The van der Waals surface area contributed by atoms with Crippen LogP contribution < -0.4 is 15.4 Å². The molecule has 1 aliphatic rings. The molecule has 0 saturated carbocycles. The van der Waals surface area contributed by atoms with Crippen molar-refractivity contribution in [2.45, 2.75) is 38.3 Å². The number of aromatic carboxylic acids is 1. The Morgan fingerprint density at radius 3 is 2.84 bits per heavy atom. The molecule has 0 bridgehead atoms. The molecule has 7 heteroatoms. The van der Waals surface area contributed by atoms with Gasteiger partial charge in [-0.1, -0.05) is 17.7 Å². The summed E-state index contributed by atoms with van der Waals surface area (Å²) in [5, 5.41) is 18.2. The van der Waals surface area contributed by atoms with Crippen molar-refractivity contribution < 1.29 is 19.0 Å². The highest BCUT2D eigenvalue weighted by Crippen LogP contribution is 2.33. The lowest BCUT2D eigenvalue weighted by atomic mass is 10.0. The number of rotatable bonds is 8. The SMILES string of the molecule is CC(CCNc1ccc(C(=O)O)c2ccc(Cl)cc12)Oc1ccc(F)cc1C1CCCN1. The van der Waals surface area contributed by atoms with Crippen molar-refractivity contribution in [3.8, 4) is 5.75 Å². The largest absolute Gasteiger partial charge is 0.490 e. The summed E-state index contributed by atoms with van der Waals surface area (Å²) >= 11 is 6.15. The van der Waals surface area contributed by atoms with Crippen LogP contribution in [0.1, 0.15) is 48.1 Å². The molecule has 3 aromatic rings. The van der Waals surface area contributed by atoms with Gasteiger partial charge < -0.3 is 20.5 Å². The number of hydrogen-bond acceptors (Lipinski definition) is 4. The van der Waals surface area contributed by atoms with Crippen LogP contribution in [0.5, 0.6) is 5.75 Å². The van der Waals surface area contributed by atoms with E-state index in [1.165, 1.54) is 6.07 Å². The molecule has 1 fully saturated rings. The van der Waals surface area contributed by atoms with Gasteiger partial charge in [0, 0.05) is 40.7 Å². The number of carbonyl (C=O) groups is 1. The number of halogens is 2. The van der Waals surface area contributed by atoms with Crippen LogP contribution in [-0.4, -0.2) is 30.3 Å². The van der Waals surface area contributed by atoms with Crippen LogP contribution >= 0.6 is 11.6 Å². The summed E-state index contributed by atoms with van der Waals surface area (Å²) in [6.45, 7) is 3.53. The van der Waals surface area contributed by atoms with Crippen molar-refractivity contribution >= 4 is 34.0 Å². The monoisotopic (exact) mass is 456 g/mol. The van der Waals surface area contributed by atoms with E-state index in [2.05, 4.69) is 10.6 Å². The zero-order valence-electron chi connectivity index (χ0n) is 17.8. The zero-order chi connectivity index (χ0) is 22.7. The Bertz CT molecular complexity index is 1130. The van der Waals surface area contributed by atoms with E-state index >= 15 is 0 Å². The van der Waals surface area contributed by atoms with Crippen molar-refractivity contribution in [2.75, 3.05) is 18.4 Å². The summed E-state index contributed by atoms with van der Waals surface area (Å²) in [5.41, 5.74) is 1.92. The third kappa shape index (κ3) is 4.97. The topological polar surface area (TPSA) is 70.6 Å². The second-order valence-electron chi connectivity index (χ2n) is 8.13. The molecule has 0 amide bonds. The lowest BCUT2D eigenvalue weighted by Crippen LogP contribution is -2.20. The number of benzene rings is 3. The molecule has 0 aliphatic carbocycles. The summed E-state index contributed by atoms with van der Waals surface area (Å²) in [5.74, 6) is -0.523. The Hall–Kier alpha value is -2.83. The standard InChI is InChI=1S/C25H26ClFN2O3/c1-15(32-24-9-5-17(27)14-21(24)22-3-2-11-28-22)10-12-29-23-8-7-19(25(30)31)18-6-4-16(26)13-20(18)23/h4-9,13-15,22,28-29H,2-3,10-12H2,1H3,(H,30,31). The molecule has 1 aliphatic heterocycles. The smallest absolute Gasteiger partial charge is 0.336 e. The molecule has 1 saturated heterocycles. The number of fused-ring (bicyclic) bond motifs is 1. The fourth-order valence-corrected chi connectivity index (χ4v) is 4.37. The lowest BCUT2D eigenvalue weighted by Gasteiger charge is -2.21. The van der Waals surface area contributed by atoms with Crippen LogP contribution in [0.4, 0.5) is 10.1 Å². The van der Waals surface area contributed by atoms with E-state index in [9.17, 15) is 14.3 Å². The van der Waals surface area contributed by atoms with Gasteiger partial charge in [0.2, 0.25) is 0 Å². The first-order valence-electron chi connectivity index (χ1n) is 10.8. The minimum Gasteiger partial charge on any atom is -0.490 e. The maximum Gasteiger partial charge on any atom is 0.336 e. The average molecular weight is 457 g/mol. The predicted molar refractivity (Wildman–Crippen MR) is 125 cm³/mol. The maximum atomic E-state index is 13.8. The quantitative estimate of drug-likeness (QED) is 0.386. The molecule has 0 spiro atoms. The van der Waals surface area contributed by atoms with Gasteiger partial charge in [-0.15, -0.1) is 0 Å². The van der Waals surface area contributed by atoms with Gasteiger partial charge in [-0.25, -0.2) is 9.18 Å². The molecule has 0 radical (unpaired) electrons. The van der Waals surface area contributed by atoms with Crippen LogP contribution in [-0.2, 0) is 0 Å². The van der Waals surface area contributed by atoms with Gasteiger partial charge in [0.15, 0.2) is 0 Å². The molecular formula is C25H26ClFN2O3. The fourth-order valence-electron chi connectivity index (χ4n) is 4.20. The summed E-state index contributed by atoms with van der Waals surface area (Å²) in [7, 11) is 0. The van der Waals surface area contributed by atoms with Crippen LogP contribution in [0.25, 0.3) is 10.8 Å². The third-order valence-corrected chi connectivity index (χ3v) is 6.05. The van der Waals surface area contributed by atoms with E-state index in [1.54, 1.807) is 42.5 Å². The highest BCUT2D eigenvalue weighted by molar-refractivity contribution is 6.31. The molecule has 2 unspecified atom stereocenters. The van der Waals surface area contributed by atoms with Crippen molar-refractivity contribution in [1.29, 1.82) is 0 Å². The first-order valence-corrected chi connectivity index (χ1v) is 11.2. The van der Waals surface area contributed by atoms with Crippen molar-refractivity contribution in [1.82, 2.24) is 5.32 Å². The molecule has 3 aromatic carbocycles. The first-order chi connectivity index (χ1) is 15.4. The Morgan fingerprint density at radius 1 is 1.25 bits per heavy atom. The van der Waals surface area contributed by atoms with Gasteiger partial charge in [-0.05, 0) is 74.2 Å². The minimum atomic E-state index is -0.974. The summed E-state index contributed by atoms with van der Waals surface area (Å²) in [6, 6.07) is 13.4. The van der Waals surface area contributed by atoms with Crippen LogP contribution in [0.15, 0.2) is 48.5 Å². The minimum absolute atomic E-state index is 0.0961. The van der Waals surface area contributed by atoms with Crippen molar-refractivity contribution in [3.63, 3.8) is 0 Å². The number of hydrogen-bond donors (Lipinski definition) is 3. The van der Waals surface area contributed by atoms with E-state index in [1.807, 2.05) is 6.92 Å². The van der Waals surface area contributed by atoms with Gasteiger partial charge in [0.05, 0.1) is 11.7 Å². The highest BCUT2D eigenvalue weighted by atomic mass is 35.5. The number of carboxylic acid groups (broad SMARTS) is 1. The number of anilines is 1. The van der Waals surface area contributed by atoms with Crippen molar-refractivity contribution in [3.05, 3.63) is 70.5 Å². The number of nitrogens with one attached hydrogen (secondary N) is 2. The van der Waals surface area contributed by atoms with Crippen molar-refractivity contribution in [2.24, 2.45) is 0 Å². The molecule has 2 atom stereocenters.